The summed E-state index contributed by atoms with van der Waals surface area (Å²) in [5.74, 6) is -0.811. The number of primary amides is 1. The summed E-state index contributed by atoms with van der Waals surface area (Å²) in [7, 11) is 2.20. The van der Waals surface area contributed by atoms with Crippen LogP contribution in [0.2, 0.25) is 0 Å². The maximum absolute atomic E-state index is 12.6. The molecule has 2 unspecified atom stereocenters. The molecule has 1 aromatic heterocycles. The molecule has 2 N–H and O–H groups in total. The zero-order valence-corrected chi connectivity index (χ0v) is 18.0. The standard InChI is InChI=1S/C23H24N4O3S/c1-26-14-7-8-15(26)12-16(11-14)27-20-10-9-18(31-17-5-3-2-4-6-17)13-19(20)21(25-27)22(28)30-23(24)29/h2-6,9-10,13-16H,7-8,11-12H2,1H3,(H2,24,29). The second kappa shape index (κ2) is 8.01. The van der Waals surface area contributed by atoms with Gasteiger partial charge in [-0.05, 0) is 63.1 Å². The molecule has 3 heterocycles. The van der Waals surface area contributed by atoms with Crippen LogP contribution in [0, 0.1) is 0 Å². The minimum Gasteiger partial charge on any atom is -0.371 e. The summed E-state index contributed by atoms with van der Waals surface area (Å²) < 4.78 is 6.64. The van der Waals surface area contributed by atoms with E-state index in [1.54, 1.807) is 11.8 Å². The van der Waals surface area contributed by atoms with Gasteiger partial charge >= 0.3 is 12.1 Å². The second-order valence-electron chi connectivity index (χ2n) is 8.27. The van der Waals surface area contributed by atoms with Gasteiger partial charge in [-0.25, -0.2) is 9.59 Å². The van der Waals surface area contributed by atoms with Crippen molar-refractivity contribution in [3.8, 4) is 0 Å². The Hall–Kier alpha value is -2.84. The molecular formula is C23H24N4O3S. The molecule has 3 aromatic rings. The molecule has 7 nitrogen and oxygen atoms in total. The Morgan fingerprint density at radius 2 is 1.74 bits per heavy atom. The molecule has 1 amide bonds. The third kappa shape index (κ3) is 3.81. The molecule has 0 saturated carbocycles. The molecular weight excluding hydrogens is 412 g/mol. The number of carbonyl (C=O) groups is 2. The number of nitrogens with zero attached hydrogens (tertiary/aromatic N) is 3. The molecule has 2 atom stereocenters. The largest absolute Gasteiger partial charge is 0.412 e. The summed E-state index contributed by atoms with van der Waals surface area (Å²) in [6.45, 7) is 0. The molecule has 8 heteroatoms. The lowest BCUT2D eigenvalue weighted by Gasteiger charge is -2.36. The molecule has 160 valence electrons. The summed E-state index contributed by atoms with van der Waals surface area (Å²) in [6, 6.07) is 17.3. The van der Waals surface area contributed by atoms with Crippen LogP contribution in [0.5, 0.6) is 0 Å². The quantitative estimate of drug-likeness (QED) is 0.486. The number of amides is 1. The SMILES string of the molecule is CN1C2CCC1CC(n1nc(C(=O)OC(N)=O)c3cc(Sc4ccccc4)ccc31)C2. The van der Waals surface area contributed by atoms with E-state index in [0.717, 1.165) is 28.1 Å². The first-order valence-electron chi connectivity index (χ1n) is 10.5. The van der Waals surface area contributed by atoms with Crippen LogP contribution in [-0.2, 0) is 4.74 Å². The molecule has 2 fully saturated rings. The number of hydrogen-bond acceptors (Lipinski definition) is 6. The van der Waals surface area contributed by atoms with Crippen molar-refractivity contribution in [1.29, 1.82) is 0 Å². The fourth-order valence-electron chi connectivity index (χ4n) is 4.96. The van der Waals surface area contributed by atoms with Crippen molar-refractivity contribution in [2.75, 3.05) is 7.05 Å². The van der Waals surface area contributed by atoms with Crippen LogP contribution >= 0.6 is 11.8 Å². The number of benzene rings is 2. The summed E-state index contributed by atoms with van der Waals surface area (Å²) in [5.41, 5.74) is 6.10. The normalized spacial score (nSPS) is 23.2. The Kier molecular flexibility index (Phi) is 5.19. The summed E-state index contributed by atoms with van der Waals surface area (Å²) in [6.07, 6.45) is 3.26. The van der Waals surface area contributed by atoms with Gasteiger partial charge in [-0.3, -0.25) is 4.68 Å². The second-order valence-corrected chi connectivity index (χ2v) is 9.42. The first-order chi connectivity index (χ1) is 15.0. The van der Waals surface area contributed by atoms with E-state index in [1.807, 2.05) is 53.2 Å². The number of carbonyl (C=O) groups excluding carboxylic acids is 2. The van der Waals surface area contributed by atoms with Gasteiger partial charge in [-0.1, -0.05) is 30.0 Å². The highest BCUT2D eigenvalue weighted by molar-refractivity contribution is 7.99. The third-order valence-electron chi connectivity index (χ3n) is 6.46. The number of nitrogens with two attached hydrogens (primary N) is 1. The minimum absolute atomic E-state index is 0.135. The molecule has 2 bridgehead atoms. The van der Waals surface area contributed by atoms with E-state index < -0.39 is 12.1 Å². The van der Waals surface area contributed by atoms with Gasteiger partial charge in [0.2, 0.25) is 0 Å². The van der Waals surface area contributed by atoms with Crippen molar-refractivity contribution in [2.24, 2.45) is 5.73 Å². The van der Waals surface area contributed by atoms with Crippen LogP contribution in [0.25, 0.3) is 10.9 Å². The lowest BCUT2D eigenvalue weighted by atomic mass is 9.98. The zero-order chi connectivity index (χ0) is 21.5. The van der Waals surface area contributed by atoms with Crippen molar-refractivity contribution in [3.05, 3.63) is 54.2 Å². The minimum atomic E-state index is -1.13. The van der Waals surface area contributed by atoms with E-state index in [1.165, 1.54) is 12.8 Å². The Bertz CT molecular complexity index is 1130. The summed E-state index contributed by atoms with van der Waals surface area (Å²) in [5, 5.41) is 5.32. The van der Waals surface area contributed by atoms with Crippen LogP contribution in [0.1, 0.15) is 42.2 Å². The number of esters is 1. The van der Waals surface area contributed by atoms with E-state index in [2.05, 4.69) is 21.8 Å². The van der Waals surface area contributed by atoms with Gasteiger partial charge in [0.15, 0.2) is 5.69 Å². The van der Waals surface area contributed by atoms with Crippen molar-refractivity contribution in [2.45, 2.75) is 53.6 Å². The van der Waals surface area contributed by atoms with Gasteiger partial charge in [0, 0.05) is 27.3 Å². The molecule has 5 rings (SSSR count). The molecule has 2 aromatic carbocycles. The van der Waals surface area contributed by atoms with Crippen LogP contribution in [0.4, 0.5) is 4.79 Å². The summed E-state index contributed by atoms with van der Waals surface area (Å²) >= 11 is 1.61. The van der Waals surface area contributed by atoms with Crippen LogP contribution in [0.15, 0.2) is 58.3 Å². The lowest BCUT2D eigenvalue weighted by Crippen LogP contribution is -2.40. The smallest absolute Gasteiger partial charge is 0.371 e. The van der Waals surface area contributed by atoms with Gasteiger partial charge in [-0.15, -0.1) is 0 Å². The number of aromatic nitrogens is 2. The van der Waals surface area contributed by atoms with Crippen molar-refractivity contribution >= 4 is 34.7 Å². The first kappa shape index (κ1) is 20.1. The third-order valence-corrected chi connectivity index (χ3v) is 7.46. The number of hydrogen-bond donors (Lipinski definition) is 1. The molecule has 0 aliphatic carbocycles. The van der Waals surface area contributed by atoms with Gasteiger partial charge in [0.1, 0.15) is 0 Å². The molecule has 2 saturated heterocycles. The van der Waals surface area contributed by atoms with Gasteiger partial charge in [0.25, 0.3) is 0 Å². The number of fused-ring (bicyclic) bond motifs is 3. The van der Waals surface area contributed by atoms with Gasteiger partial charge in [-0.2, -0.15) is 5.10 Å². The average Bonchev–Trinajstić information content (AvgIpc) is 3.19. The molecule has 0 radical (unpaired) electrons. The fraction of sp³-hybridized carbons (Fsp3) is 0.348. The number of rotatable bonds is 4. The topological polar surface area (TPSA) is 90.4 Å². The van der Waals surface area contributed by atoms with E-state index in [4.69, 9.17) is 5.73 Å². The highest BCUT2D eigenvalue weighted by Gasteiger charge is 2.40. The monoisotopic (exact) mass is 436 g/mol. The van der Waals surface area contributed by atoms with Gasteiger partial charge < -0.3 is 15.4 Å². The average molecular weight is 437 g/mol. The Labute approximate surface area is 184 Å². The predicted octanol–water partition coefficient (Wildman–Crippen LogP) is 4.22. The summed E-state index contributed by atoms with van der Waals surface area (Å²) in [4.78, 5) is 28.4. The van der Waals surface area contributed by atoms with E-state index >= 15 is 0 Å². The number of piperidine rings is 1. The maximum Gasteiger partial charge on any atom is 0.412 e. The maximum atomic E-state index is 12.6. The zero-order valence-electron chi connectivity index (χ0n) is 17.2. The number of ether oxygens (including phenoxy) is 1. The Morgan fingerprint density at radius 3 is 2.42 bits per heavy atom. The van der Waals surface area contributed by atoms with Gasteiger partial charge in [0.05, 0.1) is 11.6 Å². The molecule has 2 aliphatic rings. The molecule has 0 spiro atoms. The first-order valence-corrected chi connectivity index (χ1v) is 11.3. The van der Waals surface area contributed by atoms with Crippen LogP contribution in [-0.4, -0.2) is 45.9 Å². The van der Waals surface area contributed by atoms with Crippen LogP contribution < -0.4 is 5.73 Å². The van der Waals surface area contributed by atoms with Crippen molar-refractivity contribution in [1.82, 2.24) is 14.7 Å². The highest BCUT2D eigenvalue weighted by Crippen LogP contribution is 2.41. The van der Waals surface area contributed by atoms with E-state index in [-0.39, 0.29) is 11.7 Å². The Morgan fingerprint density at radius 1 is 1.03 bits per heavy atom. The van der Waals surface area contributed by atoms with Crippen molar-refractivity contribution in [3.63, 3.8) is 0 Å². The highest BCUT2D eigenvalue weighted by atomic mass is 32.2. The van der Waals surface area contributed by atoms with E-state index in [0.29, 0.717) is 17.5 Å². The fourth-order valence-corrected chi connectivity index (χ4v) is 5.84. The van der Waals surface area contributed by atoms with Crippen LogP contribution in [0.3, 0.4) is 0 Å². The Balaban J connectivity index is 1.55. The molecule has 31 heavy (non-hydrogen) atoms. The van der Waals surface area contributed by atoms with Crippen molar-refractivity contribution < 1.29 is 14.3 Å². The molecule has 2 aliphatic heterocycles. The van der Waals surface area contributed by atoms with E-state index in [9.17, 15) is 9.59 Å². The lowest BCUT2D eigenvalue weighted by molar-refractivity contribution is 0.0631. The predicted molar refractivity (Wildman–Crippen MR) is 118 cm³/mol.